The maximum atomic E-state index is 12.3. The Balaban J connectivity index is 2.52. The third-order valence-electron chi connectivity index (χ3n) is 2.53. The molecule has 0 saturated carbocycles. The van der Waals surface area contributed by atoms with Gasteiger partial charge in [0.15, 0.2) is 0 Å². The summed E-state index contributed by atoms with van der Waals surface area (Å²) in [6.45, 7) is 1.50. The van der Waals surface area contributed by atoms with Crippen LogP contribution in [-0.4, -0.2) is 22.9 Å². The molecule has 4 N–H and O–H groups in total. The maximum absolute atomic E-state index is 12.3. The van der Waals surface area contributed by atoms with Crippen LogP contribution in [0.15, 0.2) is 23.2 Å². The minimum absolute atomic E-state index is 0.0240. The Hall–Kier alpha value is -2.31. The summed E-state index contributed by atoms with van der Waals surface area (Å²) in [5, 5.41) is 14.7. The van der Waals surface area contributed by atoms with Crippen LogP contribution in [0, 0.1) is 17.0 Å². The van der Waals surface area contributed by atoms with E-state index in [2.05, 4.69) is 19.7 Å². The van der Waals surface area contributed by atoms with Crippen molar-refractivity contribution < 1.29 is 13.3 Å². The number of nitrogens with one attached hydrogen (secondary N) is 2. The predicted octanol–water partition coefficient (Wildman–Crippen LogP) is 0.841. The van der Waals surface area contributed by atoms with Crippen LogP contribution >= 0.6 is 11.5 Å². The molecule has 112 valence electrons. The Kier molecular flexibility index (Phi) is 4.02. The van der Waals surface area contributed by atoms with Gasteiger partial charge in [-0.2, -0.15) is 0 Å². The number of rotatable bonds is 5. The van der Waals surface area contributed by atoms with Gasteiger partial charge in [-0.15, -0.1) is 5.10 Å². The molecule has 0 amide bonds. The fourth-order valence-electron chi connectivity index (χ4n) is 1.63. The molecule has 0 fully saturated rings. The first-order valence-corrected chi connectivity index (χ1v) is 7.66. The van der Waals surface area contributed by atoms with Gasteiger partial charge in [0.1, 0.15) is 10.7 Å². The second-order valence-electron chi connectivity index (χ2n) is 3.92. The number of nitro benzene ring substituents is 1. The minimum Gasteiger partial charge on any atom is -0.318 e. The number of sulfonamides is 1. The van der Waals surface area contributed by atoms with Gasteiger partial charge < -0.3 is 5.43 Å². The fraction of sp³-hybridized carbons (Fsp3) is 0.111. The second-order valence-corrected chi connectivity index (χ2v) is 6.36. The number of hydrogen-bond donors (Lipinski definition) is 3. The number of nitrogens with zero attached hydrogens (tertiary/aromatic N) is 3. The highest BCUT2D eigenvalue weighted by Crippen LogP contribution is 2.31. The van der Waals surface area contributed by atoms with E-state index in [0.29, 0.717) is 5.56 Å². The van der Waals surface area contributed by atoms with Crippen molar-refractivity contribution in [1.29, 1.82) is 0 Å². The zero-order valence-electron chi connectivity index (χ0n) is 10.6. The van der Waals surface area contributed by atoms with Gasteiger partial charge in [-0.3, -0.25) is 20.7 Å². The monoisotopic (exact) mass is 330 g/mol. The van der Waals surface area contributed by atoms with E-state index in [-0.39, 0.29) is 15.6 Å². The highest BCUT2D eigenvalue weighted by molar-refractivity contribution is 7.93. The number of hydrazine groups is 1. The lowest BCUT2D eigenvalue weighted by molar-refractivity contribution is -0.384. The van der Waals surface area contributed by atoms with E-state index >= 15 is 0 Å². The summed E-state index contributed by atoms with van der Waals surface area (Å²) in [6, 6.07) is 2.24. The zero-order chi connectivity index (χ0) is 15.6. The first-order chi connectivity index (χ1) is 9.85. The Morgan fingerprint density at radius 2 is 2.14 bits per heavy atom. The van der Waals surface area contributed by atoms with Gasteiger partial charge in [-0.25, -0.2) is 8.42 Å². The number of benzene rings is 1. The SMILES string of the molecule is Cc1cc(NN)c([N+](=O)[O-])cc1S(=O)(=O)Nc1cnns1. The number of anilines is 2. The van der Waals surface area contributed by atoms with E-state index in [1.807, 2.05) is 0 Å². The first kappa shape index (κ1) is 15.1. The molecule has 10 nitrogen and oxygen atoms in total. The van der Waals surface area contributed by atoms with Gasteiger partial charge in [-0.1, -0.05) is 4.49 Å². The van der Waals surface area contributed by atoms with Crippen molar-refractivity contribution >= 4 is 37.9 Å². The molecule has 0 spiro atoms. The molecule has 1 aromatic carbocycles. The lowest BCUT2D eigenvalue weighted by Crippen LogP contribution is -2.15. The molecule has 0 saturated heterocycles. The summed E-state index contributed by atoms with van der Waals surface area (Å²) >= 11 is 0.851. The topological polar surface area (TPSA) is 153 Å². The first-order valence-electron chi connectivity index (χ1n) is 5.41. The molecule has 0 aliphatic carbocycles. The summed E-state index contributed by atoms with van der Waals surface area (Å²) in [6.07, 6.45) is 1.24. The second kappa shape index (κ2) is 5.59. The predicted molar refractivity (Wildman–Crippen MR) is 76.4 cm³/mol. The Labute approximate surface area is 123 Å². The highest BCUT2D eigenvalue weighted by Gasteiger charge is 2.24. The molecule has 0 unspecified atom stereocenters. The van der Waals surface area contributed by atoms with E-state index < -0.39 is 20.6 Å². The largest absolute Gasteiger partial charge is 0.318 e. The van der Waals surface area contributed by atoms with E-state index in [4.69, 9.17) is 5.84 Å². The fourth-order valence-corrected chi connectivity index (χ4v) is 3.56. The molecule has 2 rings (SSSR count). The van der Waals surface area contributed by atoms with E-state index in [0.717, 1.165) is 17.6 Å². The molecule has 2 aromatic rings. The van der Waals surface area contributed by atoms with E-state index in [1.165, 1.54) is 19.2 Å². The number of nitrogen functional groups attached to an aromatic ring is 1. The third kappa shape index (κ3) is 3.07. The summed E-state index contributed by atoms with van der Waals surface area (Å²) < 4.78 is 30.3. The molecule has 0 bridgehead atoms. The molecule has 1 heterocycles. The van der Waals surface area contributed by atoms with Crippen molar-refractivity contribution in [3.05, 3.63) is 34.0 Å². The summed E-state index contributed by atoms with van der Waals surface area (Å²) in [5.74, 6) is 5.19. The summed E-state index contributed by atoms with van der Waals surface area (Å²) in [5.41, 5.74) is 2.06. The van der Waals surface area contributed by atoms with Crippen LogP contribution in [0.2, 0.25) is 0 Å². The van der Waals surface area contributed by atoms with Crippen molar-refractivity contribution in [2.75, 3.05) is 10.1 Å². The van der Waals surface area contributed by atoms with Gasteiger partial charge in [0, 0.05) is 17.6 Å². The molecule has 1 aromatic heterocycles. The Morgan fingerprint density at radius 1 is 1.43 bits per heavy atom. The smallest absolute Gasteiger partial charge is 0.295 e. The van der Waals surface area contributed by atoms with Crippen LogP contribution in [0.3, 0.4) is 0 Å². The van der Waals surface area contributed by atoms with Gasteiger partial charge in [0.05, 0.1) is 16.0 Å². The standard InChI is InChI=1S/C9H10N6O4S2/c1-5-2-6(12-10)7(15(16)17)3-8(5)21(18,19)13-9-4-11-14-20-9/h2-4,12-13H,10H2,1H3. The van der Waals surface area contributed by atoms with Gasteiger partial charge in [-0.05, 0) is 18.6 Å². The molecule has 0 atom stereocenters. The zero-order valence-corrected chi connectivity index (χ0v) is 12.2. The van der Waals surface area contributed by atoms with Crippen LogP contribution < -0.4 is 16.0 Å². The summed E-state index contributed by atoms with van der Waals surface area (Å²) in [4.78, 5) is 10.0. The van der Waals surface area contributed by atoms with Crippen LogP contribution in [0.25, 0.3) is 0 Å². The number of aromatic nitrogens is 2. The maximum Gasteiger partial charge on any atom is 0.295 e. The van der Waals surface area contributed by atoms with Crippen molar-refractivity contribution in [2.45, 2.75) is 11.8 Å². The number of nitro groups is 1. The molecule has 12 heteroatoms. The number of nitrogens with two attached hydrogens (primary N) is 1. The normalized spacial score (nSPS) is 11.1. The summed E-state index contributed by atoms with van der Waals surface area (Å²) in [7, 11) is -3.99. The lowest BCUT2D eigenvalue weighted by Gasteiger charge is -2.10. The van der Waals surface area contributed by atoms with E-state index in [9.17, 15) is 18.5 Å². The van der Waals surface area contributed by atoms with Gasteiger partial charge in [0.2, 0.25) is 0 Å². The van der Waals surface area contributed by atoms with Crippen molar-refractivity contribution in [1.82, 2.24) is 9.59 Å². The van der Waals surface area contributed by atoms with Crippen LogP contribution in [0.4, 0.5) is 16.4 Å². The third-order valence-corrected chi connectivity index (χ3v) is 4.75. The highest BCUT2D eigenvalue weighted by atomic mass is 32.2. The average molecular weight is 330 g/mol. The molecule has 0 radical (unpaired) electrons. The van der Waals surface area contributed by atoms with Crippen LogP contribution in [-0.2, 0) is 10.0 Å². The molecule has 0 aliphatic heterocycles. The average Bonchev–Trinajstić information content (AvgIpc) is 2.89. The van der Waals surface area contributed by atoms with Gasteiger partial charge in [0.25, 0.3) is 15.7 Å². The molecule has 21 heavy (non-hydrogen) atoms. The van der Waals surface area contributed by atoms with Crippen molar-refractivity contribution in [3.63, 3.8) is 0 Å². The Bertz CT molecular complexity index is 774. The van der Waals surface area contributed by atoms with Crippen molar-refractivity contribution in [3.8, 4) is 0 Å². The van der Waals surface area contributed by atoms with Crippen LogP contribution in [0.1, 0.15) is 5.56 Å². The number of aryl methyl sites for hydroxylation is 1. The van der Waals surface area contributed by atoms with Gasteiger partial charge >= 0.3 is 0 Å². The van der Waals surface area contributed by atoms with Crippen molar-refractivity contribution in [2.24, 2.45) is 5.84 Å². The Morgan fingerprint density at radius 3 is 2.67 bits per heavy atom. The number of hydrogen-bond acceptors (Lipinski definition) is 9. The molecular weight excluding hydrogens is 320 g/mol. The van der Waals surface area contributed by atoms with Crippen LogP contribution in [0.5, 0.6) is 0 Å². The molecular formula is C9H10N6O4S2. The quantitative estimate of drug-likeness (QED) is 0.414. The lowest BCUT2D eigenvalue weighted by atomic mass is 10.2. The molecule has 0 aliphatic rings. The van der Waals surface area contributed by atoms with E-state index in [1.54, 1.807) is 0 Å². The minimum atomic E-state index is -3.99.